The highest BCUT2D eigenvalue weighted by Gasteiger charge is 2.13. The first-order valence-electron chi connectivity index (χ1n) is 5.59. The molecule has 0 aliphatic carbocycles. The van der Waals surface area contributed by atoms with Gasteiger partial charge in [-0.3, -0.25) is 0 Å². The van der Waals surface area contributed by atoms with E-state index in [0.717, 1.165) is 11.3 Å². The predicted octanol–water partition coefficient (Wildman–Crippen LogP) is 2.43. The lowest BCUT2D eigenvalue weighted by atomic mass is 10.2. The normalized spacial score (nSPS) is 11.7. The maximum Gasteiger partial charge on any atom is 0.286 e. The molecule has 0 aliphatic rings. The number of benzene rings is 1. The summed E-state index contributed by atoms with van der Waals surface area (Å²) in [6, 6.07) is 6.02. The highest BCUT2D eigenvalue weighted by Crippen LogP contribution is 2.34. The molecule has 0 bridgehead atoms. The van der Waals surface area contributed by atoms with Gasteiger partial charge in [-0.25, -0.2) is 0 Å². The van der Waals surface area contributed by atoms with Gasteiger partial charge < -0.3 is 9.84 Å². The summed E-state index contributed by atoms with van der Waals surface area (Å²) in [5.41, 5.74) is 0.475. The topological polar surface area (TPSA) is 88.0 Å². The van der Waals surface area contributed by atoms with Crippen LogP contribution >= 0.6 is 22.9 Å². The minimum Gasteiger partial charge on any atom is -0.503 e. The Bertz CT molecular complexity index is 758. The predicted molar refractivity (Wildman–Crippen MR) is 81.9 cm³/mol. The summed E-state index contributed by atoms with van der Waals surface area (Å²) in [5, 5.41) is 15.0. The molecular formula is C12H11ClN2O4S2. The van der Waals surface area contributed by atoms with Gasteiger partial charge in [0.1, 0.15) is 4.21 Å². The fourth-order valence-corrected chi connectivity index (χ4v) is 3.45. The molecule has 2 rings (SSSR count). The Balaban J connectivity index is 2.17. The van der Waals surface area contributed by atoms with Crippen molar-refractivity contribution < 1.29 is 18.3 Å². The van der Waals surface area contributed by atoms with Crippen molar-refractivity contribution in [2.24, 2.45) is 5.10 Å². The van der Waals surface area contributed by atoms with E-state index < -0.39 is 10.0 Å². The minimum atomic E-state index is -3.66. The summed E-state index contributed by atoms with van der Waals surface area (Å²) in [6.45, 7) is 0. The quantitative estimate of drug-likeness (QED) is 0.643. The molecule has 0 fully saturated rings. The number of nitrogens with one attached hydrogen (secondary N) is 1. The van der Waals surface area contributed by atoms with Gasteiger partial charge in [0.15, 0.2) is 11.5 Å². The highest BCUT2D eigenvalue weighted by molar-refractivity contribution is 7.91. The van der Waals surface area contributed by atoms with Gasteiger partial charge in [-0.05, 0) is 29.1 Å². The Labute approximate surface area is 130 Å². The number of phenolic OH excluding ortho intramolecular Hbond substituents is 1. The van der Waals surface area contributed by atoms with Gasteiger partial charge in [0.05, 0.1) is 18.3 Å². The molecule has 1 aromatic heterocycles. The third-order valence-electron chi connectivity index (χ3n) is 2.42. The monoisotopic (exact) mass is 346 g/mol. The second kappa shape index (κ2) is 6.33. The summed E-state index contributed by atoms with van der Waals surface area (Å²) >= 11 is 6.91. The minimum absolute atomic E-state index is 0.0805. The zero-order chi connectivity index (χ0) is 15.5. The third-order valence-corrected chi connectivity index (χ3v) is 5.33. The summed E-state index contributed by atoms with van der Waals surface area (Å²) in [5.74, 6) is -0.0134. The number of hydrogen-bond acceptors (Lipinski definition) is 6. The number of nitrogens with zero attached hydrogens (tertiary/aromatic N) is 1. The average molecular weight is 347 g/mol. The van der Waals surface area contributed by atoms with Gasteiger partial charge in [-0.15, -0.1) is 11.3 Å². The van der Waals surface area contributed by atoms with Crippen LogP contribution in [-0.4, -0.2) is 26.8 Å². The zero-order valence-electron chi connectivity index (χ0n) is 10.8. The van der Waals surface area contributed by atoms with Crippen molar-refractivity contribution in [2.45, 2.75) is 4.21 Å². The molecule has 1 aromatic carbocycles. The van der Waals surface area contributed by atoms with E-state index >= 15 is 0 Å². The lowest BCUT2D eigenvalue weighted by Crippen LogP contribution is -2.17. The Kier molecular flexibility index (Phi) is 4.71. The second-order valence-corrected chi connectivity index (χ2v) is 7.08. The molecule has 0 aliphatic heterocycles. The molecule has 6 nitrogen and oxygen atoms in total. The fourth-order valence-electron chi connectivity index (χ4n) is 1.46. The van der Waals surface area contributed by atoms with Crippen LogP contribution in [0.3, 0.4) is 0 Å². The van der Waals surface area contributed by atoms with E-state index in [0.29, 0.717) is 5.56 Å². The molecule has 2 aromatic rings. The van der Waals surface area contributed by atoms with Gasteiger partial charge in [-0.1, -0.05) is 17.7 Å². The number of sulfonamides is 1. The Morgan fingerprint density at radius 1 is 1.48 bits per heavy atom. The van der Waals surface area contributed by atoms with Crippen molar-refractivity contribution in [3.05, 3.63) is 40.2 Å². The molecular weight excluding hydrogens is 336 g/mol. The number of hydrazone groups is 1. The molecule has 21 heavy (non-hydrogen) atoms. The number of phenols is 1. The van der Waals surface area contributed by atoms with Crippen LogP contribution in [0.15, 0.2) is 39.0 Å². The Morgan fingerprint density at radius 2 is 2.24 bits per heavy atom. The molecule has 112 valence electrons. The number of hydrogen-bond donors (Lipinski definition) is 2. The van der Waals surface area contributed by atoms with Crippen LogP contribution < -0.4 is 9.57 Å². The maximum atomic E-state index is 11.8. The summed E-state index contributed by atoms with van der Waals surface area (Å²) < 4.78 is 28.8. The molecule has 0 unspecified atom stereocenters. The van der Waals surface area contributed by atoms with Crippen molar-refractivity contribution >= 4 is 39.2 Å². The van der Waals surface area contributed by atoms with Crippen LogP contribution in [0.5, 0.6) is 11.5 Å². The standard InChI is InChI=1S/C12H11ClN2O4S2/c1-19-10-6-8(5-9(13)12(10)16)7-14-15-21(17,18)11-3-2-4-20-11/h2-7,15-16H,1H3/b14-7+. The van der Waals surface area contributed by atoms with Crippen LogP contribution in [0.1, 0.15) is 5.56 Å². The van der Waals surface area contributed by atoms with Crippen molar-refractivity contribution in [1.82, 2.24) is 4.83 Å². The van der Waals surface area contributed by atoms with E-state index in [4.69, 9.17) is 16.3 Å². The van der Waals surface area contributed by atoms with Gasteiger partial charge in [-0.2, -0.15) is 18.4 Å². The largest absolute Gasteiger partial charge is 0.503 e. The molecule has 0 spiro atoms. The molecule has 1 heterocycles. The zero-order valence-corrected chi connectivity index (χ0v) is 13.2. The lowest BCUT2D eigenvalue weighted by molar-refractivity contribution is 0.373. The van der Waals surface area contributed by atoms with Gasteiger partial charge in [0.25, 0.3) is 10.0 Å². The smallest absolute Gasteiger partial charge is 0.286 e. The molecule has 0 saturated heterocycles. The van der Waals surface area contributed by atoms with Crippen LogP contribution in [0.2, 0.25) is 5.02 Å². The summed E-state index contributed by atoms with van der Waals surface area (Å²) in [6.07, 6.45) is 1.26. The SMILES string of the molecule is COc1cc(/C=N/NS(=O)(=O)c2cccs2)cc(Cl)c1O. The van der Waals surface area contributed by atoms with E-state index in [-0.39, 0.29) is 20.7 Å². The molecule has 9 heteroatoms. The number of ether oxygens (including phenoxy) is 1. The lowest BCUT2D eigenvalue weighted by Gasteiger charge is -2.06. The fraction of sp³-hybridized carbons (Fsp3) is 0.0833. The maximum absolute atomic E-state index is 11.8. The summed E-state index contributed by atoms with van der Waals surface area (Å²) in [4.78, 5) is 2.09. The van der Waals surface area contributed by atoms with Crippen LogP contribution in [0.4, 0.5) is 0 Å². The molecule has 2 N–H and O–H groups in total. The van der Waals surface area contributed by atoms with E-state index in [1.807, 2.05) is 0 Å². The highest BCUT2D eigenvalue weighted by atomic mass is 35.5. The first-order chi connectivity index (χ1) is 9.94. The van der Waals surface area contributed by atoms with Crippen molar-refractivity contribution in [3.8, 4) is 11.5 Å². The van der Waals surface area contributed by atoms with E-state index in [1.165, 1.54) is 31.5 Å². The van der Waals surface area contributed by atoms with Crippen molar-refractivity contribution in [1.29, 1.82) is 0 Å². The number of thiophene rings is 1. The first-order valence-corrected chi connectivity index (χ1v) is 8.33. The van der Waals surface area contributed by atoms with Gasteiger partial charge in [0, 0.05) is 0 Å². The molecule has 0 atom stereocenters. The number of methoxy groups -OCH3 is 1. The van der Waals surface area contributed by atoms with Gasteiger partial charge >= 0.3 is 0 Å². The van der Waals surface area contributed by atoms with Gasteiger partial charge in [0.2, 0.25) is 0 Å². The van der Waals surface area contributed by atoms with Crippen molar-refractivity contribution in [2.75, 3.05) is 7.11 Å². The summed E-state index contributed by atoms with van der Waals surface area (Å²) in [7, 11) is -2.28. The van der Waals surface area contributed by atoms with E-state index in [9.17, 15) is 13.5 Å². The van der Waals surface area contributed by atoms with Crippen LogP contribution in [0, 0.1) is 0 Å². The Morgan fingerprint density at radius 3 is 2.86 bits per heavy atom. The molecule has 0 amide bonds. The Hall–Kier alpha value is -1.77. The van der Waals surface area contributed by atoms with Crippen LogP contribution in [-0.2, 0) is 10.0 Å². The van der Waals surface area contributed by atoms with Crippen molar-refractivity contribution in [3.63, 3.8) is 0 Å². The van der Waals surface area contributed by atoms with E-state index in [2.05, 4.69) is 9.93 Å². The van der Waals surface area contributed by atoms with E-state index in [1.54, 1.807) is 11.4 Å². The first kappa shape index (κ1) is 15.6. The molecule has 0 saturated carbocycles. The second-order valence-electron chi connectivity index (χ2n) is 3.84. The number of aromatic hydroxyl groups is 1. The number of halogens is 1. The number of rotatable bonds is 5. The third kappa shape index (κ3) is 3.66. The molecule has 0 radical (unpaired) electrons. The van der Waals surface area contributed by atoms with Crippen LogP contribution in [0.25, 0.3) is 0 Å². The average Bonchev–Trinajstić information content (AvgIpc) is 2.97.